The molecule has 1 aromatic heterocycles. The van der Waals surface area contributed by atoms with E-state index in [4.69, 9.17) is 17.0 Å². The minimum absolute atomic E-state index is 0.0131. The first-order chi connectivity index (χ1) is 38.8. The van der Waals surface area contributed by atoms with Crippen molar-refractivity contribution in [1.29, 1.82) is 5.26 Å². The number of aliphatic hydroxyl groups excluding tert-OH is 1. The van der Waals surface area contributed by atoms with E-state index in [9.17, 15) is 57.1 Å². The topological polar surface area (TPSA) is 229 Å². The summed E-state index contributed by atoms with van der Waals surface area (Å²) in [4.78, 5) is 113. The largest absolute Gasteiger partial charge is 0.484 e. The van der Waals surface area contributed by atoms with E-state index >= 15 is 0 Å². The Bertz CT molecular complexity index is 3220. The zero-order valence-corrected chi connectivity index (χ0v) is 48.0. The van der Waals surface area contributed by atoms with Gasteiger partial charge in [0.05, 0.1) is 45.1 Å². The number of hydrogen-bond acceptors (Lipinski definition) is 13. The summed E-state index contributed by atoms with van der Waals surface area (Å²) in [6.45, 7) is 10.9. The average Bonchev–Trinajstić information content (AvgIpc) is 2.69. The van der Waals surface area contributed by atoms with Crippen LogP contribution in [0.2, 0.25) is 0 Å². The van der Waals surface area contributed by atoms with Gasteiger partial charge in [0.2, 0.25) is 29.5 Å². The summed E-state index contributed by atoms with van der Waals surface area (Å²) in [5.74, 6) is -3.13. The molecule has 0 bridgehead atoms. The van der Waals surface area contributed by atoms with E-state index in [1.807, 2.05) is 31.2 Å². The maximum absolute atomic E-state index is 14.5. The van der Waals surface area contributed by atoms with E-state index < -0.39 is 107 Å². The number of thiazole rings is 1. The number of carbonyl (C=O) groups is 7. The summed E-state index contributed by atoms with van der Waals surface area (Å²) >= 11 is 7.20. The fourth-order valence-electron chi connectivity index (χ4n) is 11.7. The summed E-state index contributed by atoms with van der Waals surface area (Å²) in [5.41, 5.74) is 0.817. The van der Waals surface area contributed by atoms with Crippen molar-refractivity contribution in [2.45, 2.75) is 141 Å². The van der Waals surface area contributed by atoms with Gasteiger partial charge >= 0.3 is 6.18 Å². The lowest BCUT2D eigenvalue weighted by atomic mass is 9.85. The maximum Gasteiger partial charge on any atom is 0.417 e. The monoisotopic (exact) mass is 1170 g/mol. The van der Waals surface area contributed by atoms with Crippen LogP contribution in [-0.4, -0.2) is 151 Å². The highest BCUT2D eigenvalue weighted by Crippen LogP contribution is 2.41. The second kappa shape index (κ2) is 23.4. The molecule has 5 aliphatic heterocycles. The molecule has 24 heteroatoms. The van der Waals surface area contributed by atoms with E-state index in [-0.39, 0.29) is 61.6 Å². The molecule has 0 aliphatic carbocycles. The smallest absolute Gasteiger partial charge is 0.417 e. The number of alkyl halides is 3. The lowest BCUT2D eigenvalue weighted by Gasteiger charge is -2.37. The summed E-state index contributed by atoms with van der Waals surface area (Å²) in [5, 5.41) is 25.8. The summed E-state index contributed by atoms with van der Waals surface area (Å²) in [6.07, 6.45) is -3.27. The number of halogens is 3. The molecule has 82 heavy (non-hydrogen) atoms. The number of anilines is 2. The van der Waals surface area contributed by atoms with Gasteiger partial charge in [-0.1, -0.05) is 45.0 Å². The van der Waals surface area contributed by atoms with Gasteiger partial charge in [-0.2, -0.15) is 18.4 Å². The summed E-state index contributed by atoms with van der Waals surface area (Å²) < 4.78 is 47.5. The van der Waals surface area contributed by atoms with Gasteiger partial charge in [-0.15, -0.1) is 11.3 Å². The molecule has 4 aromatic rings. The Morgan fingerprint density at radius 1 is 0.841 bits per heavy atom. The number of aliphatic hydroxyl groups is 1. The van der Waals surface area contributed by atoms with Crippen LogP contribution >= 0.6 is 23.6 Å². The molecule has 7 amide bonds. The van der Waals surface area contributed by atoms with Crippen molar-refractivity contribution in [1.82, 2.24) is 35.2 Å². The van der Waals surface area contributed by atoms with Crippen molar-refractivity contribution >= 4 is 81.4 Å². The minimum Gasteiger partial charge on any atom is -0.484 e. The van der Waals surface area contributed by atoms with Crippen LogP contribution in [0.5, 0.6) is 5.75 Å². The number of aryl methyl sites for hydroxylation is 1. The Labute approximate surface area is 482 Å². The fraction of sp³-hybridized carbons (Fsp3) is 0.483. The van der Waals surface area contributed by atoms with Crippen LogP contribution in [0.1, 0.15) is 102 Å². The third-order valence-electron chi connectivity index (χ3n) is 16.0. The molecule has 9 rings (SSSR count). The lowest BCUT2D eigenvalue weighted by molar-refractivity contribution is -0.151. The van der Waals surface area contributed by atoms with Gasteiger partial charge in [0.15, 0.2) is 11.7 Å². The van der Waals surface area contributed by atoms with Crippen LogP contribution in [0.4, 0.5) is 24.5 Å². The van der Waals surface area contributed by atoms with Crippen molar-refractivity contribution in [2.75, 3.05) is 42.6 Å². The first kappa shape index (κ1) is 59.1. The van der Waals surface area contributed by atoms with Crippen LogP contribution in [0, 0.1) is 23.7 Å². The number of benzene rings is 3. The van der Waals surface area contributed by atoms with E-state index in [0.29, 0.717) is 44.2 Å². The fourth-order valence-corrected chi connectivity index (χ4v) is 13.0. The molecule has 5 aliphatic rings. The van der Waals surface area contributed by atoms with Gasteiger partial charge in [0.25, 0.3) is 11.8 Å². The summed E-state index contributed by atoms with van der Waals surface area (Å²) in [6, 6.07) is 13.6. The standard InChI is InChI=1S/C58H65F3N10O9S2/c1-33-47(82-32-64-33)35-15-13-34(14-16-35)29-63-49(74)45-27-39(72)30-69(45)53(78)48(56(2,3)4)65-50(75)42-10-7-24-67(42)52(77)44-12-9-25-68(44)51(76)43-11-8-23-66(43)46(73)31-80-40-21-19-37(20-22-40)71-55(81)70(54(79)57(71,5)6)38-18-17-36(28-62)41(26-38)58(59,60)61/h13-22,26,32,39,42-45,48,72H,7-12,23-25,27,29-31H2,1-6H3,(H,63,74)(H,65,75)/t39-,42+,43+,44+,45+,48?/m1/s1. The average molecular weight is 1170 g/mol. The van der Waals surface area contributed by atoms with Crippen LogP contribution in [-0.2, 0) is 46.3 Å². The van der Waals surface area contributed by atoms with Gasteiger partial charge < -0.3 is 45.0 Å². The second-order valence-corrected chi connectivity index (χ2v) is 24.2. The van der Waals surface area contributed by atoms with Crippen LogP contribution < -0.4 is 25.2 Å². The molecule has 434 valence electrons. The van der Waals surface area contributed by atoms with Gasteiger partial charge in [-0.25, -0.2) is 4.98 Å². The van der Waals surface area contributed by atoms with E-state index in [2.05, 4.69) is 15.6 Å². The van der Waals surface area contributed by atoms with Gasteiger partial charge in [-0.3, -0.25) is 38.5 Å². The maximum atomic E-state index is 14.5. The number of hydrogen-bond donors (Lipinski definition) is 3. The van der Waals surface area contributed by atoms with Crippen molar-refractivity contribution < 1.29 is 56.6 Å². The molecular formula is C58H65F3N10O9S2. The number of thiocarbonyl (C=S) groups is 1. The normalized spacial score (nSPS) is 22.2. The number of β-amino-alcohol motifs (C(OH)–C–C–N with tert-alkyl or cyclic N) is 1. The third kappa shape index (κ3) is 11.8. The Morgan fingerprint density at radius 3 is 2.04 bits per heavy atom. The van der Waals surface area contributed by atoms with Crippen LogP contribution in [0.15, 0.2) is 72.2 Å². The Morgan fingerprint density at radius 2 is 1.44 bits per heavy atom. The first-order valence-electron chi connectivity index (χ1n) is 27.3. The molecule has 3 aromatic carbocycles. The molecule has 5 fully saturated rings. The van der Waals surface area contributed by atoms with Crippen molar-refractivity contribution in [2.24, 2.45) is 5.41 Å². The molecule has 0 spiro atoms. The number of aromatic nitrogens is 1. The molecular weight excluding hydrogens is 1100 g/mol. The van der Waals surface area contributed by atoms with Gasteiger partial charge in [0.1, 0.15) is 41.5 Å². The molecule has 3 N–H and O–H groups in total. The van der Waals surface area contributed by atoms with Gasteiger partial charge in [-0.05, 0) is 131 Å². The number of nitrogens with zero attached hydrogens (tertiary/aromatic N) is 8. The van der Waals surface area contributed by atoms with E-state index in [1.165, 1.54) is 36.6 Å². The van der Waals surface area contributed by atoms with Crippen LogP contribution in [0.25, 0.3) is 10.4 Å². The lowest BCUT2D eigenvalue weighted by Crippen LogP contribution is -2.61. The van der Waals surface area contributed by atoms with E-state index in [0.717, 1.165) is 38.7 Å². The van der Waals surface area contributed by atoms with Crippen molar-refractivity contribution in [3.8, 4) is 22.3 Å². The zero-order valence-electron chi connectivity index (χ0n) is 46.3. The predicted octanol–water partition coefficient (Wildman–Crippen LogP) is 6.09. The predicted molar refractivity (Wildman–Crippen MR) is 301 cm³/mol. The van der Waals surface area contributed by atoms with Crippen LogP contribution in [0.3, 0.4) is 0 Å². The molecule has 1 unspecified atom stereocenters. The number of ether oxygens (including phenoxy) is 1. The molecule has 0 saturated carbocycles. The van der Waals surface area contributed by atoms with E-state index in [1.54, 1.807) is 75.7 Å². The zero-order chi connectivity index (χ0) is 59.2. The quantitative estimate of drug-likeness (QED) is 0.122. The highest BCUT2D eigenvalue weighted by Gasteiger charge is 2.52. The molecule has 5 saturated heterocycles. The third-order valence-corrected chi connectivity index (χ3v) is 17.4. The highest BCUT2D eigenvalue weighted by atomic mass is 32.1. The summed E-state index contributed by atoms with van der Waals surface area (Å²) in [7, 11) is 0. The van der Waals surface area contributed by atoms with Crippen molar-refractivity contribution in [3.05, 3.63) is 94.6 Å². The Kier molecular flexibility index (Phi) is 16.9. The van der Waals surface area contributed by atoms with Crippen molar-refractivity contribution in [3.63, 3.8) is 0 Å². The second-order valence-electron chi connectivity index (χ2n) is 22.9. The first-order valence-corrected chi connectivity index (χ1v) is 28.6. The highest BCUT2D eigenvalue weighted by molar-refractivity contribution is 7.81. The number of carbonyl (C=O) groups excluding carboxylic acids is 7. The minimum atomic E-state index is -4.86. The number of nitrogens with one attached hydrogen (secondary N) is 2. The molecule has 6 atom stereocenters. The molecule has 19 nitrogen and oxygen atoms in total. The number of rotatable bonds is 14. The number of nitriles is 1. The molecule has 6 heterocycles. The SMILES string of the molecule is Cc1ncsc1-c1ccc(CNC(=O)[C@@H]2C[C@@H](O)CN2C(=O)C(NC(=O)[C@@H]2CCCN2C(=O)[C@@H]2CCCN2C(=O)[C@@H]2CCCN2C(=O)COc2ccc(N3C(=S)N(c4ccc(C#N)c(C(F)(F)F)c4)C(=O)C3(C)C)cc2)C(C)(C)C)cc1. The number of likely N-dealkylation sites (tertiary alicyclic amines) is 4. The Hall–Kier alpha value is -7.49. The Balaban J connectivity index is 0.798. The molecule has 0 radical (unpaired) electrons. The number of amides is 7. The van der Waals surface area contributed by atoms with Gasteiger partial charge in [0, 0.05) is 44.8 Å².